The maximum absolute atomic E-state index is 11.4. The first-order chi connectivity index (χ1) is 7.09. The van der Waals surface area contributed by atoms with Crippen LogP contribution in [0.15, 0.2) is 24.5 Å². The third kappa shape index (κ3) is 3.68. The van der Waals surface area contributed by atoms with Crippen LogP contribution in [0.2, 0.25) is 0 Å². The van der Waals surface area contributed by atoms with E-state index in [9.17, 15) is 14.4 Å². The smallest absolute Gasteiger partial charge is 0.310 e. The van der Waals surface area contributed by atoms with Crippen molar-refractivity contribution in [1.82, 2.24) is 4.98 Å². The molecule has 0 aliphatic heterocycles. The van der Waals surface area contributed by atoms with Gasteiger partial charge in [0, 0.05) is 18.0 Å². The van der Waals surface area contributed by atoms with Gasteiger partial charge in [0.25, 0.3) is 0 Å². The number of nitrogens with zero attached hydrogens (tertiary/aromatic N) is 1. The number of ketones is 2. The minimum atomic E-state index is -1.22. The molecule has 1 heterocycles. The number of carboxylic acids is 1. The number of Topliss-reactive ketones (excluding diaryl/α,β-unsaturated/α-hetero) is 2. The zero-order valence-electron chi connectivity index (χ0n) is 7.84. The van der Waals surface area contributed by atoms with E-state index in [1.165, 1.54) is 18.5 Å². The van der Waals surface area contributed by atoms with Crippen molar-refractivity contribution >= 4 is 17.5 Å². The average molecular weight is 207 g/mol. The first-order valence-electron chi connectivity index (χ1n) is 4.26. The molecule has 5 heteroatoms. The molecule has 1 aromatic heterocycles. The molecule has 0 spiro atoms. The normalized spacial score (nSPS) is 9.60. The largest absolute Gasteiger partial charge is 0.481 e. The van der Waals surface area contributed by atoms with E-state index in [0.717, 1.165) is 0 Å². The zero-order valence-corrected chi connectivity index (χ0v) is 7.84. The number of carbonyl (C=O) groups excluding carboxylic acids is 2. The van der Waals surface area contributed by atoms with Crippen LogP contribution in [0.25, 0.3) is 0 Å². The van der Waals surface area contributed by atoms with E-state index in [-0.39, 0.29) is 0 Å². The van der Waals surface area contributed by atoms with E-state index in [2.05, 4.69) is 4.98 Å². The van der Waals surface area contributed by atoms with E-state index in [1.54, 1.807) is 6.07 Å². The first kappa shape index (κ1) is 11.0. The lowest BCUT2D eigenvalue weighted by molar-refractivity contribution is -0.139. The average Bonchev–Trinajstić information content (AvgIpc) is 2.17. The second-order valence-electron chi connectivity index (χ2n) is 2.95. The molecule has 1 rings (SSSR count). The number of aromatic nitrogens is 1. The Morgan fingerprint density at radius 1 is 1.27 bits per heavy atom. The number of hydrogen-bond donors (Lipinski definition) is 1. The molecule has 1 N–H and O–H groups in total. The molecule has 0 radical (unpaired) electrons. The maximum Gasteiger partial charge on any atom is 0.310 e. The molecule has 0 saturated carbocycles. The Kier molecular flexibility index (Phi) is 3.68. The molecule has 0 unspecified atom stereocenters. The summed E-state index contributed by atoms with van der Waals surface area (Å²) in [6, 6.07) is 3.11. The number of rotatable bonds is 5. The summed E-state index contributed by atoms with van der Waals surface area (Å²) >= 11 is 0. The van der Waals surface area contributed by atoms with Crippen LogP contribution in [-0.2, 0) is 9.59 Å². The lowest BCUT2D eigenvalue weighted by Gasteiger charge is -1.97. The molecule has 0 amide bonds. The van der Waals surface area contributed by atoms with Gasteiger partial charge >= 0.3 is 5.97 Å². The van der Waals surface area contributed by atoms with Crippen LogP contribution in [0, 0.1) is 0 Å². The van der Waals surface area contributed by atoms with Gasteiger partial charge in [0.1, 0.15) is 6.42 Å². The fraction of sp³-hybridized carbons (Fsp3) is 0.200. The van der Waals surface area contributed by atoms with Crippen molar-refractivity contribution < 1.29 is 19.5 Å². The zero-order chi connectivity index (χ0) is 11.3. The van der Waals surface area contributed by atoms with Crippen molar-refractivity contribution in [1.29, 1.82) is 0 Å². The Bertz CT molecular complexity index is 386. The highest BCUT2D eigenvalue weighted by atomic mass is 16.4. The van der Waals surface area contributed by atoms with Gasteiger partial charge in [-0.1, -0.05) is 0 Å². The van der Waals surface area contributed by atoms with Gasteiger partial charge in [-0.2, -0.15) is 0 Å². The second kappa shape index (κ2) is 4.99. The van der Waals surface area contributed by atoms with E-state index in [0.29, 0.717) is 5.56 Å². The summed E-state index contributed by atoms with van der Waals surface area (Å²) in [5.74, 6) is -2.23. The van der Waals surface area contributed by atoms with E-state index >= 15 is 0 Å². The Labute approximate surface area is 85.8 Å². The summed E-state index contributed by atoms with van der Waals surface area (Å²) in [5, 5.41) is 8.32. The fourth-order valence-electron chi connectivity index (χ4n) is 1.04. The quantitative estimate of drug-likeness (QED) is 0.567. The number of carbonyl (C=O) groups is 3. The predicted molar refractivity (Wildman–Crippen MR) is 50.4 cm³/mol. The molecule has 0 bridgehead atoms. The first-order valence-corrected chi connectivity index (χ1v) is 4.26. The third-order valence-electron chi connectivity index (χ3n) is 1.69. The third-order valence-corrected chi connectivity index (χ3v) is 1.69. The van der Waals surface area contributed by atoms with Gasteiger partial charge in [-0.25, -0.2) is 0 Å². The number of aliphatic carboxylic acids is 1. The van der Waals surface area contributed by atoms with Crippen LogP contribution < -0.4 is 0 Å². The van der Waals surface area contributed by atoms with Crippen molar-refractivity contribution in [2.75, 3.05) is 0 Å². The Hall–Kier alpha value is -2.04. The highest BCUT2D eigenvalue weighted by Crippen LogP contribution is 2.02. The van der Waals surface area contributed by atoms with Crippen molar-refractivity contribution in [3.05, 3.63) is 30.1 Å². The topological polar surface area (TPSA) is 84.3 Å². The van der Waals surface area contributed by atoms with Crippen LogP contribution in [0.3, 0.4) is 0 Å². The Morgan fingerprint density at radius 2 is 2.00 bits per heavy atom. The maximum atomic E-state index is 11.4. The van der Waals surface area contributed by atoms with Crippen LogP contribution in [0.1, 0.15) is 23.2 Å². The molecule has 0 saturated heterocycles. The Balaban J connectivity index is 2.57. The molecule has 1 aromatic rings. The molecule has 0 aromatic carbocycles. The van der Waals surface area contributed by atoms with Gasteiger partial charge in [0.05, 0.1) is 6.42 Å². The van der Waals surface area contributed by atoms with Gasteiger partial charge in [0.15, 0.2) is 11.6 Å². The van der Waals surface area contributed by atoms with Crippen LogP contribution in [-0.4, -0.2) is 27.6 Å². The molecule has 78 valence electrons. The summed E-state index contributed by atoms with van der Waals surface area (Å²) in [6.07, 6.45) is 1.84. The van der Waals surface area contributed by atoms with Crippen LogP contribution in [0.4, 0.5) is 0 Å². The molecular formula is C10H9NO4. The lowest BCUT2D eigenvalue weighted by Crippen LogP contribution is -2.12. The molecule has 5 nitrogen and oxygen atoms in total. The summed E-state index contributed by atoms with van der Waals surface area (Å²) in [6.45, 7) is 0. The molecule has 0 aliphatic carbocycles. The second-order valence-corrected chi connectivity index (χ2v) is 2.95. The van der Waals surface area contributed by atoms with E-state index in [1.807, 2.05) is 0 Å². The van der Waals surface area contributed by atoms with E-state index in [4.69, 9.17) is 5.11 Å². The van der Waals surface area contributed by atoms with Crippen molar-refractivity contribution in [2.45, 2.75) is 12.8 Å². The van der Waals surface area contributed by atoms with Gasteiger partial charge in [-0.3, -0.25) is 19.4 Å². The fourth-order valence-corrected chi connectivity index (χ4v) is 1.04. The summed E-state index contributed by atoms with van der Waals surface area (Å²) in [7, 11) is 0. The molecular weight excluding hydrogens is 198 g/mol. The molecule has 0 atom stereocenters. The SMILES string of the molecule is O=C(O)CC(=O)CC(=O)c1cccnc1. The van der Waals surface area contributed by atoms with Crippen molar-refractivity contribution in [2.24, 2.45) is 0 Å². The van der Waals surface area contributed by atoms with Gasteiger partial charge in [-0.15, -0.1) is 0 Å². The summed E-state index contributed by atoms with van der Waals surface area (Å²) in [4.78, 5) is 36.3. The summed E-state index contributed by atoms with van der Waals surface area (Å²) in [5.41, 5.74) is 0.316. The minimum absolute atomic E-state index is 0.316. The number of pyridine rings is 1. The monoisotopic (exact) mass is 207 g/mol. The van der Waals surface area contributed by atoms with Crippen molar-refractivity contribution in [3.63, 3.8) is 0 Å². The number of carboxylic acid groups (broad SMARTS) is 1. The minimum Gasteiger partial charge on any atom is -0.481 e. The Morgan fingerprint density at radius 3 is 2.53 bits per heavy atom. The molecule has 15 heavy (non-hydrogen) atoms. The lowest BCUT2D eigenvalue weighted by atomic mass is 10.1. The predicted octanol–water partition coefficient (Wildman–Crippen LogP) is 0.698. The standard InChI is InChI=1S/C10H9NO4/c12-8(5-10(14)15)4-9(13)7-2-1-3-11-6-7/h1-3,6H,4-5H2,(H,14,15). The molecule has 0 fully saturated rings. The summed E-state index contributed by atoms with van der Waals surface area (Å²) < 4.78 is 0. The van der Waals surface area contributed by atoms with Crippen molar-refractivity contribution in [3.8, 4) is 0 Å². The van der Waals surface area contributed by atoms with Crippen LogP contribution in [0.5, 0.6) is 0 Å². The number of hydrogen-bond acceptors (Lipinski definition) is 4. The van der Waals surface area contributed by atoms with Gasteiger partial charge < -0.3 is 5.11 Å². The highest BCUT2D eigenvalue weighted by molar-refractivity contribution is 6.11. The molecule has 0 aliphatic rings. The highest BCUT2D eigenvalue weighted by Gasteiger charge is 2.14. The van der Waals surface area contributed by atoms with Crippen LogP contribution >= 0.6 is 0 Å². The van der Waals surface area contributed by atoms with E-state index < -0.39 is 30.4 Å². The van der Waals surface area contributed by atoms with Gasteiger partial charge in [0.2, 0.25) is 0 Å². The van der Waals surface area contributed by atoms with Gasteiger partial charge in [-0.05, 0) is 12.1 Å².